The van der Waals surface area contributed by atoms with Gasteiger partial charge in [-0.15, -0.1) is 0 Å². The molecular weight excluding hydrogens is 410 g/mol. The summed E-state index contributed by atoms with van der Waals surface area (Å²) in [6, 6.07) is 17.4. The zero-order valence-corrected chi connectivity index (χ0v) is 18.8. The van der Waals surface area contributed by atoms with Crippen molar-refractivity contribution in [2.24, 2.45) is 0 Å². The van der Waals surface area contributed by atoms with E-state index < -0.39 is 10.0 Å². The van der Waals surface area contributed by atoms with E-state index in [1.54, 1.807) is 16.4 Å². The van der Waals surface area contributed by atoms with Crippen LogP contribution >= 0.6 is 0 Å². The molecule has 166 valence electrons. The first-order valence-corrected chi connectivity index (χ1v) is 12.6. The van der Waals surface area contributed by atoms with Crippen LogP contribution in [0, 0.1) is 0 Å². The first kappa shape index (κ1) is 21.8. The highest BCUT2D eigenvalue weighted by Crippen LogP contribution is 2.21. The van der Waals surface area contributed by atoms with E-state index in [2.05, 4.69) is 17.0 Å². The number of benzene rings is 2. The van der Waals surface area contributed by atoms with Crippen LogP contribution in [0.4, 0.5) is 5.69 Å². The summed E-state index contributed by atoms with van der Waals surface area (Å²) in [5.41, 5.74) is 2.20. The van der Waals surface area contributed by atoms with Crippen LogP contribution in [0.15, 0.2) is 59.5 Å². The summed E-state index contributed by atoms with van der Waals surface area (Å²) in [6.07, 6.45) is 4.03. The topological polar surface area (TPSA) is 60.9 Å². The number of para-hydroxylation sites is 1. The van der Waals surface area contributed by atoms with Crippen LogP contribution in [0.25, 0.3) is 0 Å². The van der Waals surface area contributed by atoms with E-state index in [1.165, 1.54) is 5.69 Å². The number of hydrogen-bond acceptors (Lipinski definition) is 4. The summed E-state index contributed by atoms with van der Waals surface area (Å²) in [6.45, 7) is 4.38. The summed E-state index contributed by atoms with van der Waals surface area (Å²) in [4.78, 5) is 17.3. The summed E-state index contributed by atoms with van der Waals surface area (Å²) >= 11 is 0. The second-order valence-electron chi connectivity index (χ2n) is 8.31. The van der Waals surface area contributed by atoms with E-state index in [1.807, 2.05) is 35.2 Å². The maximum atomic E-state index is 12.8. The van der Waals surface area contributed by atoms with Crippen LogP contribution in [0.2, 0.25) is 0 Å². The molecule has 2 aromatic rings. The molecule has 0 radical (unpaired) electrons. The number of amides is 1. The first-order valence-electron chi connectivity index (χ1n) is 11.2. The molecule has 0 aliphatic carbocycles. The number of piperidine rings is 1. The first-order chi connectivity index (χ1) is 15.0. The van der Waals surface area contributed by atoms with Crippen molar-refractivity contribution in [2.45, 2.75) is 37.0 Å². The number of piperazine rings is 1. The lowest BCUT2D eigenvalue weighted by molar-refractivity contribution is -0.131. The summed E-state index contributed by atoms with van der Waals surface area (Å²) < 4.78 is 27.1. The van der Waals surface area contributed by atoms with Crippen molar-refractivity contribution in [3.05, 3.63) is 60.2 Å². The molecule has 2 fully saturated rings. The number of sulfonamides is 1. The molecule has 2 heterocycles. The smallest absolute Gasteiger partial charge is 0.243 e. The normalized spacial score (nSPS) is 18.2. The van der Waals surface area contributed by atoms with Crippen molar-refractivity contribution in [1.29, 1.82) is 0 Å². The number of carbonyl (C=O) groups is 1. The van der Waals surface area contributed by atoms with Gasteiger partial charge in [0.15, 0.2) is 0 Å². The molecule has 6 nitrogen and oxygen atoms in total. The molecule has 2 aliphatic heterocycles. The summed E-state index contributed by atoms with van der Waals surface area (Å²) in [5, 5.41) is 0. The van der Waals surface area contributed by atoms with Gasteiger partial charge < -0.3 is 9.80 Å². The number of rotatable bonds is 6. The quantitative estimate of drug-likeness (QED) is 0.691. The Bertz CT molecular complexity index is 963. The maximum Gasteiger partial charge on any atom is 0.243 e. The van der Waals surface area contributed by atoms with E-state index in [0.29, 0.717) is 30.8 Å². The number of nitrogens with zero attached hydrogens (tertiary/aromatic N) is 3. The van der Waals surface area contributed by atoms with Crippen LogP contribution in [-0.2, 0) is 21.2 Å². The fraction of sp³-hybridized carbons (Fsp3) is 0.458. The van der Waals surface area contributed by atoms with Crippen LogP contribution < -0.4 is 4.90 Å². The number of carbonyl (C=O) groups excluding carboxylic acids is 1. The summed E-state index contributed by atoms with van der Waals surface area (Å²) in [5.74, 6) is 0.165. The molecule has 0 unspecified atom stereocenters. The standard InChI is InChI=1S/C24H31N3O3S/c28-24(26-19-17-25(18-20-26)22-7-3-1-4-8-22)14-11-21-9-12-23(13-10-21)31(29,30)27-15-5-2-6-16-27/h1,3-4,7-10,12-13H,2,5-6,11,14-20H2. The minimum absolute atomic E-state index is 0.165. The van der Waals surface area contributed by atoms with Gasteiger partial charge in [-0.05, 0) is 49.1 Å². The SMILES string of the molecule is O=C(CCc1ccc(S(=O)(=O)N2CCCCC2)cc1)N1CCN(c2ccccc2)CC1. The molecule has 0 saturated carbocycles. The Labute approximate surface area is 185 Å². The molecule has 0 atom stereocenters. The van der Waals surface area contributed by atoms with E-state index in [0.717, 1.165) is 51.0 Å². The molecular formula is C24H31N3O3S. The fourth-order valence-electron chi connectivity index (χ4n) is 4.34. The van der Waals surface area contributed by atoms with Crippen molar-refractivity contribution >= 4 is 21.6 Å². The van der Waals surface area contributed by atoms with Gasteiger partial charge in [-0.2, -0.15) is 4.31 Å². The van der Waals surface area contributed by atoms with Gasteiger partial charge in [0.05, 0.1) is 4.90 Å². The van der Waals surface area contributed by atoms with Crippen molar-refractivity contribution in [2.75, 3.05) is 44.2 Å². The molecule has 0 N–H and O–H groups in total. The highest BCUT2D eigenvalue weighted by Gasteiger charge is 2.26. The molecule has 2 aliphatic rings. The molecule has 7 heteroatoms. The Morgan fingerprint density at radius 3 is 2.06 bits per heavy atom. The van der Waals surface area contributed by atoms with Crippen LogP contribution in [0.5, 0.6) is 0 Å². The van der Waals surface area contributed by atoms with Crippen LogP contribution in [0.1, 0.15) is 31.2 Å². The molecule has 0 aromatic heterocycles. The molecule has 31 heavy (non-hydrogen) atoms. The van der Waals surface area contributed by atoms with Gasteiger partial charge in [-0.1, -0.05) is 36.8 Å². The summed E-state index contributed by atoms with van der Waals surface area (Å²) in [7, 11) is -3.40. The Hall–Kier alpha value is -2.38. The molecule has 2 aromatic carbocycles. The lowest BCUT2D eigenvalue weighted by Gasteiger charge is -2.36. The average Bonchev–Trinajstić information content (AvgIpc) is 2.84. The van der Waals surface area contributed by atoms with Gasteiger partial charge in [-0.25, -0.2) is 8.42 Å². The van der Waals surface area contributed by atoms with Crippen molar-refractivity contribution < 1.29 is 13.2 Å². The van der Waals surface area contributed by atoms with Crippen molar-refractivity contribution in [1.82, 2.24) is 9.21 Å². The van der Waals surface area contributed by atoms with E-state index in [-0.39, 0.29) is 5.91 Å². The van der Waals surface area contributed by atoms with Crippen molar-refractivity contribution in [3.63, 3.8) is 0 Å². The van der Waals surface area contributed by atoms with E-state index in [4.69, 9.17) is 0 Å². The monoisotopic (exact) mass is 441 g/mol. The third-order valence-electron chi connectivity index (χ3n) is 6.26. The number of aryl methyl sites for hydroxylation is 1. The predicted molar refractivity (Wildman–Crippen MR) is 123 cm³/mol. The van der Waals surface area contributed by atoms with Gasteiger partial charge in [0.25, 0.3) is 0 Å². The largest absolute Gasteiger partial charge is 0.368 e. The van der Waals surface area contributed by atoms with Gasteiger partial charge in [0.1, 0.15) is 0 Å². The maximum absolute atomic E-state index is 12.8. The molecule has 4 rings (SSSR count). The lowest BCUT2D eigenvalue weighted by Crippen LogP contribution is -2.48. The highest BCUT2D eigenvalue weighted by atomic mass is 32.2. The number of anilines is 1. The van der Waals surface area contributed by atoms with Gasteiger partial charge in [0.2, 0.25) is 15.9 Å². The van der Waals surface area contributed by atoms with Crippen LogP contribution in [-0.4, -0.2) is 62.8 Å². The third-order valence-corrected chi connectivity index (χ3v) is 8.17. The lowest BCUT2D eigenvalue weighted by atomic mass is 10.1. The predicted octanol–water partition coefficient (Wildman–Crippen LogP) is 3.14. The van der Waals surface area contributed by atoms with Gasteiger partial charge >= 0.3 is 0 Å². The number of hydrogen-bond donors (Lipinski definition) is 0. The Balaban J connectivity index is 1.27. The second kappa shape index (κ2) is 9.83. The Kier molecular flexibility index (Phi) is 6.92. The van der Waals surface area contributed by atoms with Crippen LogP contribution in [0.3, 0.4) is 0 Å². The minimum atomic E-state index is -3.40. The Morgan fingerprint density at radius 1 is 0.774 bits per heavy atom. The second-order valence-corrected chi connectivity index (χ2v) is 10.3. The molecule has 1 amide bonds. The third kappa shape index (κ3) is 5.28. The zero-order valence-electron chi connectivity index (χ0n) is 17.9. The van der Waals surface area contributed by atoms with Gasteiger partial charge in [0, 0.05) is 51.4 Å². The highest BCUT2D eigenvalue weighted by molar-refractivity contribution is 7.89. The fourth-order valence-corrected chi connectivity index (χ4v) is 5.86. The Morgan fingerprint density at radius 2 is 1.42 bits per heavy atom. The van der Waals surface area contributed by atoms with E-state index >= 15 is 0 Å². The average molecular weight is 442 g/mol. The molecule has 0 spiro atoms. The molecule has 2 saturated heterocycles. The zero-order chi connectivity index (χ0) is 21.7. The van der Waals surface area contributed by atoms with Gasteiger partial charge in [-0.3, -0.25) is 4.79 Å². The minimum Gasteiger partial charge on any atom is -0.368 e. The molecule has 0 bridgehead atoms. The van der Waals surface area contributed by atoms with Crippen molar-refractivity contribution in [3.8, 4) is 0 Å². The van der Waals surface area contributed by atoms with E-state index in [9.17, 15) is 13.2 Å².